The van der Waals surface area contributed by atoms with E-state index in [2.05, 4.69) is 10.4 Å². The van der Waals surface area contributed by atoms with Crippen LogP contribution in [0.5, 0.6) is 0 Å². The van der Waals surface area contributed by atoms with Gasteiger partial charge in [0.2, 0.25) is 0 Å². The van der Waals surface area contributed by atoms with Crippen LogP contribution in [0.2, 0.25) is 0 Å². The Balaban J connectivity index is 0.000000921. The van der Waals surface area contributed by atoms with Gasteiger partial charge in [0.1, 0.15) is 0 Å². The Hall–Kier alpha value is -1.31. The van der Waals surface area contributed by atoms with Crippen molar-refractivity contribution in [2.45, 2.75) is 58.3 Å². The first-order chi connectivity index (χ1) is 13.2. The van der Waals surface area contributed by atoms with E-state index in [-0.39, 0.29) is 10.5 Å². The van der Waals surface area contributed by atoms with E-state index in [1.54, 1.807) is 25.1 Å². The molecular formula is C19H30F4N4Se. The van der Waals surface area contributed by atoms with Crippen LogP contribution in [0.1, 0.15) is 39.8 Å². The van der Waals surface area contributed by atoms with Crippen molar-refractivity contribution in [3.05, 3.63) is 23.9 Å². The molecule has 2 aromatic heterocycles. The van der Waals surface area contributed by atoms with Gasteiger partial charge >= 0.3 is 143 Å². The molecule has 9 heteroatoms. The third-order valence-corrected chi connectivity index (χ3v) is 6.04. The van der Waals surface area contributed by atoms with Crippen LogP contribution in [0.4, 0.5) is 23.4 Å². The van der Waals surface area contributed by atoms with E-state index in [0.717, 1.165) is 6.54 Å². The van der Waals surface area contributed by atoms with Crippen LogP contribution in [-0.2, 0) is 0 Å². The standard InChI is InChI=1S/C15H18F4N4Se.2C2H6/c1-9-14(24-15(17,18)19)12-4-3-5-13(23(12)21-9)20-11-6-7-22(2)8-10(11)16;2*1-2/h3-5,10-11,20H,6-8H2,1-2H3;2*1-2H3. The maximum atomic E-state index is 14.2. The molecule has 1 aliphatic rings. The molecule has 2 atom stereocenters. The van der Waals surface area contributed by atoms with E-state index >= 15 is 0 Å². The first kappa shape index (κ1) is 24.7. The Bertz CT molecular complexity index is 733. The van der Waals surface area contributed by atoms with Gasteiger partial charge in [-0.15, -0.1) is 0 Å². The Labute approximate surface area is 170 Å². The molecule has 3 heterocycles. The van der Waals surface area contributed by atoms with Crippen molar-refractivity contribution in [3.8, 4) is 0 Å². The van der Waals surface area contributed by atoms with Gasteiger partial charge < -0.3 is 0 Å². The number of alkyl halides is 4. The molecule has 2 unspecified atom stereocenters. The van der Waals surface area contributed by atoms with Gasteiger partial charge in [0.25, 0.3) is 0 Å². The molecular weight excluding hydrogens is 439 g/mol. The number of rotatable bonds is 3. The average molecular weight is 469 g/mol. The average Bonchev–Trinajstić information content (AvgIpc) is 2.96. The zero-order valence-electron chi connectivity index (χ0n) is 17.3. The van der Waals surface area contributed by atoms with Gasteiger partial charge in [-0.2, -0.15) is 0 Å². The molecule has 1 fully saturated rings. The number of halogens is 4. The zero-order chi connectivity index (χ0) is 21.5. The predicted molar refractivity (Wildman–Crippen MR) is 108 cm³/mol. The molecule has 0 aromatic carbocycles. The molecule has 0 amide bonds. The molecule has 0 radical (unpaired) electrons. The van der Waals surface area contributed by atoms with Crippen LogP contribution < -0.4 is 9.78 Å². The fourth-order valence-corrected chi connectivity index (χ4v) is 4.35. The number of likely N-dealkylation sites (tertiary alicyclic amines) is 1. The second kappa shape index (κ2) is 11.0. The third kappa shape index (κ3) is 6.36. The second-order valence-corrected chi connectivity index (χ2v) is 8.24. The van der Waals surface area contributed by atoms with Gasteiger partial charge in [-0.3, -0.25) is 0 Å². The summed E-state index contributed by atoms with van der Waals surface area (Å²) in [4.78, 5) is 1.92. The molecule has 2 aromatic rings. The van der Waals surface area contributed by atoms with Crippen LogP contribution in [0.25, 0.3) is 5.52 Å². The summed E-state index contributed by atoms with van der Waals surface area (Å²) in [7, 11) is 1.87. The van der Waals surface area contributed by atoms with Crippen LogP contribution in [0.3, 0.4) is 0 Å². The first-order valence-electron chi connectivity index (χ1n) is 9.58. The minimum absolute atomic E-state index is 0.221. The fraction of sp³-hybridized carbons (Fsp3) is 0.632. The van der Waals surface area contributed by atoms with E-state index in [1.165, 1.54) is 4.52 Å². The Morgan fingerprint density at radius 3 is 2.39 bits per heavy atom. The molecule has 0 aliphatic carbocycles. The van der Waals surface area contributed by atoms with Crippen LogP contribution in [-0.4, -0.2) is 66.9 Å². The molecule has 0 bridgehead atoms. The van der Waals surface area contributed by atoms with Crippen molar-refractivity contribution in [2.75, 3.05) is 25.5 Å². The van der Waals surface area contributed by atoms with Crippen LogP contribution in [0.15, 0.2) is 18.2 Å². The van der Waals surface area contributed by atoms with Crippen molar-refractivity contribution in [3.63, 3.8) is 0 Å². The summed E-state index contributed by atoms with van der Waals surface area (Å²) in [5, 5.41) is 3.13. The van der Waals surface area contributed by atoms with Gasteiger partial charge in [-0.05, 0) is 0 Å². The summed E-state index contributed by atoms with van der Waals surface area (Å²) in [5.41, 5.74) is 0.792. The number of hydrogen-bond acceptors (Lipinski definition) is 3. The summed E-state index contributed by atoms with van der Waals surface area (Å²) < 4.78 is 54.3. The van der Waals surface area contributed by atoms with E-state index in [0.29, 0.717) is 30.0 Å². The number of hydrogen-bond donors (Lipinski definition) is 1. The van der Waals surface area contributed by atoms with Crippen LogP contribution >= 0.6 is 0 Å². The summed E-state index contributed by atoms with van der Waals surface area (Å²) in [5.74, 6) is 0.525. The minimum atomic E-state index is -4.23. The number of nitrogens with one attached hydrogen (secondary N) is 1. The predicted octanol–water partition coefficient (Wildman–Crippen LogP) is 4.00. The van der Waals surface area contributed by atoms with E-state index < -0.39 is 26.2 Å². The first-order valence-corrected chi connectivity index (χ1v) is 11.3. The Morgan fingerprint density at radius 1 is 1.18 bits per heavy atom. The summed E-state index contributed by atoms with van der Waals surface area (Å²) >= 11 is -1.66. The molecule has 1 aliphatic heterocycles. The number of aryl methyl sites for hydroxylation is 1. The van der Waals surface area contributed by atoms with Crippen molar-refractivity contribution < 1.29 is 17.6 Å². The quantitative estimate of drug-likeness (QED) is 0.545. The number of anilines is 1. The van der Waals surface area contributed by atoms with Gasteiger partial charge in [0.15, 0.2) is 0 Å². The number of nitrogens with zero attached hydrogens (tertiary/aromatic N) is 3. The Kier molecular flexibility index (Phi) is 9.74. The van der Waals surface area contributed by atoms with Gasteiger partial charge in [-0.25, -0.2) is 0 Å². The van der Waals surface area contributed by atoms with Gasteiger partial charge in [0, 0.05) is 0 Å². The maximum absolute atomic E-state index is 14.2. The van der Waals surface area contributed by atoms with E-state index in [9.17, 15) is 17.6 Å². The summed E-state index contributed by atoms with van der Waals surface area (Å²) in [6.07, 6.45) is -0.400. The molecule has 0 saturated carbocycles. The summed E-state index contributed by atoms with van der Waals surface area (Å²) in [6, 6.07) is 4.65. The van der Waals surface area contributed by atoms with E-state index in [4.69, 9.17) is 0 Å². The molecule has 1 N–H and O–H groups in total. The molecule has 160 valence electrons. The van der Waals surface area contributed by atoms with Crippen molar-refractivity contribution in [2.24, 2.45) is 0 Å². The SMILES string of the molecule is CC.CC.Cc1nn2c(NC3CCN(C)CC3F)cccc2c1[Se]C(F)(F)F. The van der Waals surface area contributed by atoms with Gasteiger partial charge in [-0.1, -0.05) is 27.7 Å². The number of piperidine rings is 1. The van der Waals surface area contributed by atoms with Gasteiger partial charge in [0.05, 0.1) is 0 Å². The normalized spacial score (nSPS) is 20.1. The Morgan fingerprint density at radius 2 is 1.82 bits per heavy atom. The topological polar surface area (TPSA) is 32.6 Å². The summed E-state index contributed by atoms with van der Waals surface area (Å²) in [6.45, 7) is 10.7. The molecule has 3 rings (SSSR count). The molecule has 0 spiro atoms. The molecule has 4 nitrogen and oxygen atoms in total. The van der Waals surface area contributed by atoms with E-state index in [1.807, 2.05) is 39.6 Å². The monoisotopic (exact) mass is 470 g/mol. The van der Waals surface area contributed by atoms with Crippen LogP contribution in [0, 0.1) is 6.92 Å². The number of pyridine rings is 1. The van der Waals surface area contributed by atoms with Crippen molar-refractivity contribution in [1.82, 2.24) is 14.5 Å². The molecule has 1 saturated heterocycles. The number of fused-ring (bicyclic) bond motifs is 1. The van der Waals surface area contributed by atoms with Crippen molar-refractivity contribution in [1.29, 1.82) is 0 Å². The third-order valence-electron chi connectivity index (χ3n) is 4.07. The molecule has 28 heavy (non-hydrogen) atoms. The zero-order valence-corrected chi connectivity index (χ0v) is 19.0. The second-order valence-electron chi connectivity index (χ2n) is 5.99. The number of aromatic nitrogens is 2. The van der Waals surface area contributed by atoms with Crippen molar-refractivity contribution >= 4 is 30.8 Å². The fourth-order valence-electron chi connectivity index (χ4n) is 2.92.